The molecule has 2 bridgehead atoms. The number of aliphatic hydroxyl groups is 1. The van der Waals surface area contributed by atoms with Gasteiger partial charge in [-0.05, 0) is 48.8 Å². The zero-order valence-electron chi connectivity index (χ0n) is 11.4. The van der Waals surface area contributed by atoms with E-state index in [0.717, 1.165) is 19.3 Å². The molecule has 0 spiro atoms. The van der Waals surface area contributed by atoms with E-state index in [2.05, 4.69) is 4.72 Å². The Bertz CT molecular complexity index is 662. The van der Waals surface area contributed by atoms with Gasteiger partial charge in [-0.3, -0.25) is 0 Å². The third kappa shape index (κ3) is 2.94. The molecule has 7 heteroatoms. The zero-order valence-corrected chi connectivity index (χ0v) is 13.7. The highest BCUT2D eigenvalue weighted by Crippen LogP contribution is 2.45. The van der Waals surface area contributed by atoms with Crippen molar-refractivity contribution in [3.8, 4) is 0 Å². The fraction of sp³-hybridized carbons (Fsp3) is 0.571. The fourth-order valence-electron chi connectivity index (χ4n) is 3.55. The first-order valence-corrected chi connectivity index (χ1v) is 9.25. The van der Waals surface area contributed by atoms with Crippen LogP contribution in [0.15, 0.2) is 17.0 Å². The molecule has 0 heterocycles. The summed E-state index contributed by atoms with van der Waals surface area (Å²) in [7, 11) is -3.70. The maximum Gasteiger partial charge on any atom is 0.242 e. The molecule has 0 saturated heterocycles. The van der Waals surface area contributed by atoms with Gasteiger partial charge in [-0.2, -0.15) is 0 Å². The monoisotopic (exact) mass is 349 g/mol. The van der Waals surface area contributed by atoms with Crippen molar-refractivity contribution in [1.29, 1.82) is 0 Å². The fourth-order valence-corrected chi connectivity index (χ4v) is 5.73. The Balaban J connectivity index is 1.88. The van der Waals surface area contributed by atoms with Gasteiger partial charge in [0.15, 0.2) is 0 Å². The summed E-state index contributed by atoms with van der Waals surface area (Å²) in [4.78, 5) is -0.0135. The van der Waals surface area contributed by atoms with Crippen LogP contribution in [0.2, 0.25) is 10.0 Å². The molecule has 0 aliphatic heterocycles. The van der Waals surface area contributed by atoms with Gasteiger partial charge in [0.2, 0.25) is 10.0 Å². The van der Waals surface area contributed by atoms with Crippen molar-refractivity contribution < 1.29 is 13.5 Å². The topological polar surface area (TPSA) is 66.4 Å². The molecule has 21 heavy (non-hydrogen) atoms. The minimum atomic E-state index is -3.70. The third-order valence-corrected chi connectivity index (χ3v) is 6.91. The molecule has 0 aromatic heterocycles. The summed E-state index contributed by atoms with van der Waals surface area (Å²) < 4.78 is 27.9. The van der Waals surface area contributed by atoms with Crippen LogP contribution in [0, 0.1) is 11.8 Å². The van der Waals surface area contributed by atoms with Crippen LogP contribution in [0.5, 0.6) is 0 Å². The lowest BCUT2D eigenvalue weighted by molar-refractivity contribution is 0.281. The van der Waals surface area contributed by atoms with E-state index in [1.807, 2.05) is 0 Å². The largest absolute Gasteiger partial charge is 0.392 e. The maximum atomic E-state index is 12.5. The SMILES string of the molecule is O=S(=O)(NC1CC2CCC1C2)c1cc(CO)c(Cl)cc1Cl. The van der Waals surface area contributed by atoms with E-state index >= 15 is 0 Å². The molecule has 0 amide bonds. The highest BCUT2D eigenvalue weighted by atomic mass is 35.5. The standard InChI is InChI=1S/C14H17Cl2NO3S/c15-11-6-12(16)14(5-10(11)7-18)21(19,20)17-13-4-8-1-2-9(13)3-8/h5-6,8-9,13,17-18H,1-4,7H2. The summed E-state index contributed by atoms with van der Waals surface area (Å²) >= 11 is 11.9. The summed E-state index contributed by atoms with van der Waals surface area (Å²) in [5, 5.41) is 9.57. The Kier molecular flexibility index (Phi) is 4.23. The van der Waals surface area contributed by atoms with Gasteiger partial charge in [-0.25, -0.2) is 13.1 Å². The molecule has 2 N–H and O–H groups in total. The van der Waals surface area contributed by atoms with Crippen LogP contribution in [-0.4, -0.2) is 19.6 Å². The lowest BCUT2D eigenvalue weighted by atomic mass is 9.96. The average molecular weight is 350 g/mol. The molecule has 4 nitrogen and oxygen atoms in total. The van der Waals surface area contributed by atoms with E-state index in [-0.39, 0.29) is 27.6 Å². The molecular weight excluding hydrogens is 333 g/mol. The molecule has 3 rings (SSSR count). The number of hydrogen-bond donors (Lipinski definition) is 2. The van der Waals surface area contributed by atoms with Crippen LogP contribution in [0.4, 0.5) is 0 Å². The van der Waals surface area contributed by atoms with Crippen LogP contribution in [0.3, 0.4) is 0 Å². The second kappa shape index (κ2) is 5.70. The summed E-state index contributed by atoms with van der Waals surface area (Å²) in [6.07, 6.45) is 4.32. The van der Waals surface area contributed by atoms with Crippen LogP contribution in [0.1, 0.15) is 31.2 Å². The lowest BCUT2D eigenvalue weighted by Crippen LogP contribution is -2.38. The van der Waals surface area contributed by atoms with Gasteiger partial charge < -0.3 is 5.11 Å². The molecule has 116 valence electrons. The second-order valence-electron chi connectivity index (χ2n) is 5.93. The number of nitrogens with one attached hydrogen (secondary N) is 1. The Morgan fingerprint density at radius 1 is 1.19 bits per heavy atom. The van der Waals surface area contributed by atoms with Crippen LogP contribution < -0.4 is 4.72 Å². The van der Waals surface area contributed by atoms with Gasteiger partial charge in [0.1, 0.15) is 4.90 Å². The first-order valence-electron chi connectivity index (χ1n) is 7.02. The van der Waals surface area contributed by atoms with Crippen molar-refractivity contribution in [3.05, 3.63) is 27.7 Å². The minimum Gasteiger partial charge on any atom is -0.392 e. The first-order chi connectivity index (χ1) is 9.90. The van der Waals surface area contributed by atoms with Crippen molar-refractivity contribution in [2.45, 2.75) is 43.2 Å². The van der Waals surface area contributed by atoms with Gasteiger partial charge in [-0.1, -0.05) is 29.6 Å². The summed E-state index contributed by atoms with van der Waals surface area (Å²) in [6, 6.07) is 2.71. The van der Waals surface area contributed by atoms with E-state index in [9.17, 15) is 13.5 Å². The Morgan fingerprint density at radius 3 is 2.52 bits per heavy atom. The van der Waals surface area contributed by atoms with E-state index in [4.69, 9.17) is 23.2 Å². The molecule has 3 unspecified atom stereocenters. The highest BCUT2D eigenvalue weighted by molar-refractivity contribution is 7.89. The van der Waals surface area contributed by atoms with Crippen molar-refractivity contribution in [3.63, 3.8) is 0 Å². The maximum absolute atomic E-state index is 12.5. The summed E-state index contributed by atoms with van der Waals surface area (Å²) in [6.45, 7) is -0.327. The minimum absolute atomic E-state index is 0.00179. The number of hydrogen-bond acceptors (Lipinski definition) is 3. The molecular formula is C14H17Cl2NO3S. The van der Waals surface area contributed by atoms with Gasteiger partial charge >= 0.3 is 0 Å². The number of rotatable bonds is 4. The quantitative estimate of drug-likeness (QED) is 0.877. The normalized spacial score (nSPS) is 28.2. The van der Waals surface area contributed by atoms with E-state index < -0.39 is 10.0 Å². The summed E-state index contributed by atoms with van der Waals surface area (Å²) in [5.41, 5.74) is 0.356. The molecule has 2 aliphatic carbocycles. The third-order valence-electron chi connectivity index (χ3n) is 4.61. The van der Waals surface area contributed by atoms with Crippen molar-refractivity contribution in [1.82, 2.24) is 4.72 Å². The smallest absolute Gasteiger partial charge is 0.242 e. The zero-order chi connectivity index (χ0) is 15.2. The van der Waals surface area contributed by atoms with Crippen LogP contribution >= 0.6 is 23.2 Å². The molecule has 3 atom stereocenters. The molecule has 1 aromatic carbocycles. The second-order valence-corrected chi connectivity index (χ2v) is 8.43. The van der Waals surface area contributed by atoms with Crippen molar-refractivity contribution in [2.75, 3.05) is 0 Å². The van der Waals surface area contributed by atoms with Crippen LogP contribution in [0.25, 0.3) is 0 Å². The molecule has 0 radical (unpaired) electrons. The number of aliphatic hydroxyl groups excluding tert-OH is 1. The van der Waals surface area contributed by atoms with E-state index in [1.165, 1.54) is 18.6 Å². The molecule has 2 fully saturated rings. The average Bonchev–Trinajstić information content (AvgIpc) is 3.00. The Labute approximate surface area is 134 Å². The molecule has 1 aromatic rings. The predicted octanol–water partition coefficient (Wildman–Crippen LogP) is 2.95. The summed E-state index contributed by atoms with van der Waals surface area (Å²) in [5.74, 6) is 1.09. The van der Waals surface area contributed by atoms with Crippen molar-refractivity contribution >= 4 is 33.2 Å². The lowest BCUT2D eigenvalue weighted by Gasteiger charge is -2.23. The van der Waals surface area contributed by atoms with Gasteiger partial charge in [0.25, 0.3) is 0 Å². The van der Waals surface area contributed by atoms with Gasteiger partial charge in [0, 0.05) is 11.1 Å². The number of benzene rings is 1. The van der Waals surface area contributed by atoms with E-state index in [0.29, 0.717) is 17.4 Å². The van der Waals surface area contributed by atoms with Gasteiger partial charge in [-0.15, -0.1) is 0 Å². The van der Waals surface area contributed by atoms with E-state index in [1.54, 1.807) is 0 Å². The van der Waals surface area contributed by atoms with Crippen LogP contribution in [-0.2, 0) is 16.6 Å². The number of halogens is 2. The molecule has 2 aliphatic rings. The number of fused-ring (bicyclic) bond motifs is 2. The van der Waals surface area contributed by atoms with Gasteiger partial charge in [0.05, 0.1) is 11.6 Å². The predicted molar refractivity (Wildman–Crippen MR) is 81.9 cm³/mol. The van der Waals surface area contributed by atoms with Crippen molar-refractivity contribution in [2.24, 2.45) is 11.8 Å². The Hall–Kier alpha value is -0.330. The first kappa shape index (κ1) is 15.6. The molecule has 2 saturated carbocycles. The highest BCUT2D eigenvalue weighted by Gasteiger charge is 2.41. The Morgan fingerprint density at radius 2 is 1.95 bits per heavy atom. The number of sulfonamides is 1.